The van der Waals surface area contributed by atoms with E-state index in [-0.39, 0.29) is 5.75 Å². The molecule has 0 unspecified atom stereocenters. The van der Waals surface area contributed by atoms with E-state index in [0.717, 1.165) is 24.0 Å². The fourth-order valence-corrected chi connectivity index (χ4v) is 2.73. The lowest BCUT2D eigenvalue weighted by molar-refractivity contribution is -0.137. The van der Waals surface area contributed by atoms with Crippen molar-refractivity contribution >= 4 is 17.1 Å². The van der Waals surface area contributed by atoms with Gasteiger partial charge in [0.05, 0.1) is 0 Å². The van der Waals surface area contributed by atoms with Crippen molar-refractivity contribution in [1.82, 2.24) is 0 Å². The number of phenols is 1. The summed E-state index contributed by atoms with van der Waals surface area (Å²) in [4.78, 5) is 11.1. The van der Waals surface area contributed by atoms with Crippen LogP contribution in [0.1, 0.15) is 37.8 Å². The van der Waals surface area contributed by atoms with Gasteiger partial charge >= 0.3 is 5.97 Å². The van der Waals surface area contributed by atoms with Gasteiger partial charge in [-0.15, -0.1) is 0 Å². The Hall–Kier alpha value is -2.59. The lowest BCUT2D eigenvalue weighted by Crippen LogP contribution is -2.12. The van der Waals surface area contributed by atoms with Crippen LogP contribution in [0.25, 0.3) is 11.1 Å². The lowest BCUT2D eigenvalue weighted by atomic mass is 9.91. The van der Waals surface area contributed by atoms with Crippen molar-refractivity contribution in [2.24, 2.45) is 0 Å². The monoisotopic (exact) mass is 326 g/mol. The van der Waals surface area contributed by atoms with Gasteiger partial charge in [-0.3, -0.25) is 0 Å². The molecule has 0 saturated heterocycles. The Morgan fingerprint density at radius 1 is 0.875 bits per heavy atom. The summed E-state index contributed by atoms with van der Waals surface area (Å²) in [6, 6.07) is 14.5. The maximum atomic E-state index is 11.1. The standard InChI is InChI=1S/C20H22O4/c1-3-18(14-5-9-16(22)10-6-14)19(4-2)15-7-11-17(12-8-15)24-20(23)13-21/h5-12,21-22H,3-4,13H2,1-2H3. The van der Waals surface area contributed by atoms with Crippen LogP contribution in [0, 0.1) is 0 Å². The van der Waals surface area contributed by atoms with Crippen LogP contribution < -0.4 is 4.74 Å². The highest BCUT2D eigenvalue weighted by atomic mass is 16.5. The summed E-state index contributed by atoms with van der Waals surface area (Å²) >= 11 is 0. The van der Waals surface area contributed by atoms with Crippen LogP contribution in [0.4, 0.5) is 0 Å². The second-order valence-electron chi connectivity index (χ2n) is 5.37. The summed E-state index contributed by atoms with van der Waals surface area (Å²) in [5.41, 5.74) is 4.58. The SMILES string of the molecule is CCC(=C(CC)c1ccc(OC(=O)CO)cc1)c1ccc(O)cc1. The van der Waals surface area contributed by atoms with E-state index in [0.29, 0.717) is 5.75 Å². The second-order valence-corrected chi connectivity index (χ2v) is 5.37. The Balaban J connectivity index is 2.37. The lowest BCUT2D eigenvalue weighted by Gasteiger charge is -2.14. The van der Waals surface area contributed by atoms with Crippen molar-refractivity contribution in [2.75, 3.05) is 6.61 Å². The first-order valence-corrected chi connectivity index (χ1v) is 8.02. The number of aromatic hydroxyl groups is 1. The van der Waals surface area contributed by atoms with Crippen molar-refractivity contribution < 1.29 is 19.7 Å². The molecular weight excluding hydrogens is 304 g/mol. The summed E-state index contributed by atoms with van der Waals surface area (Å²) < 4.78 is 4.98. The summed E-state index contributed by atoms with van der Waals surface area (Å²) in [6.45, 7) is 3.57. The molecule has 126 valence electrons. The summed E-state index contributed by atoms with van der Waals surface area (Å²) in [5, 5.41) is 18.2. The molecule has 0 amide bonds. The molecule has 0 aliphatic heterocycles. The molecule has 24 heavy (non-hydrogen) atoms. The van der Waals surface area contributed by atoms with Gasteiger partial charge in [-0.25, -0.2) is 4.79 Å². The van der Waals surface area contributed by atoms with Gasteiger partial charge in [0.25, 0.3) is 0 Å². The third-order valence-electron chi connectivity index (χ3n) is 3.85. The quantitative estimate of drug-likeness (QED) is 0.478. The minimum absolute atomic E-state index is 0.252. The van der Waals surface area contributed by atoms with Crippen molar-refractivity contribution in [2.45, 2.75) is 26.7 Å². The molecule has 0 saturated carbocycles. The normalized spacial score (nSPS) is 11.8. The zero-order valence-electron chi connectivity index (χ0n) is 14.0. The Morgan fingerprint density at radius 2 is 1.33 bits per heavy atom. The Morgan fingerprint density at radius 3 is 1.75 bits per heavy atom. The number of carbonyl (C=O) groups excluding carboxylic acids is 1. The Kier molecular flexibility index (Phi) is 6.15. The molecule has 2 aromatic carbocycles. The van der Waals surface area contributed by atoms with Crippen LogP contribution in [0.15, 0.2) is 48.5 Å². The average Bonchev–Trinajstić information content (AvgIpc) is 2.61. The van der Waals surface area contributed by atoms with Crippen molar-refractivity contribution in [1.29, 1.82) is 0 Å². The van der Waals surface area contributed by atoms with Crippen LogP contribution in [0.3, 0.4) is 0 Å². The molecule has 0 aromatic heterocycles. The van der Waals surface area contributed by atoms with Gasteiger partial charge in [0.15, 0.2) is 0 Å². The Bertz CT molecular complexity index is 712. The van der Waals surface area contributed by atoms with Crippen LogP contribution >= 0.6 is 0 Å². The fourth-order valence-electron chi connectivity index (χ4n) is 2.73. The molecule has 4 heteroatoms. The van der Waals surface area contributed by atoms with E-state index in [1.165, 1.54) is 11.1 Å². The number of phenolic OH excluding ortho intramolecular Hbond substituents is 1. The Labute approximate surface area is 142 Å². The first-order valence-electron chi connectivity index (χ1n) is 8.02. The largest absolute Gasteiger partial charge is 0.508 e. The van der Waals surface area contributed by atoms with Crippen LogP contribution in [0.2, 0.25) is 0 Å². The molecule has 2 aromatic rings. The van der Waals surface area contributed by atoms with E-state index < -0.39 is 12.6 Å². The molecule has 0 aliphatic carbocycles. The molecular formula is C20H22O4. The molecule has 0 aliphatic rings. The van der Waals surface area contributed by atoms with Gasteiger partial charge in [0.2, 0.25) is 0 Å². The highest BCUT2D eigenvalue weighted by Gasteiger charge is 2.10. The van der Waals surface area contributed by atoms with Crippen molar-refractivity contribution in [3.8, 4) is 11.5 Å². The molecule has 0 fully saturated rings. The zero-order valence-corrected chi connectivity index (χ0v) is 14.0. The van der Waals surface area contributed by atoms with Gasteiger partial charge in [0, 0.05) is 0 Å². The van der Waals surface area contributed by atoms with Crippen LogP contribution in [0.5, 0.6) is 11.5 Å². The molecule has 2 N–H and O–H groups in total. The van der Waals surface area contributed by atoms with E-state index in [2.05, 4.69) is 13.8 Å². The van der Waals surface area contributed by atoms with Crippen LogP contribution in [-0.4, -0.2) is 22.8 Å². The van der Waals surface area contributed by atoms with Gasteiger partial charge in [-0.05, 0) is 59.4 Å². The number of benzene rings is 2. The maximum Gasteiger partial charge on any atom is 0.337 e. The number of hydrogen-bond acceptors (Lipinski definition) is 4. The predicted octanol–water partition coefficient (Wildman–Crippen LogP) is 4.02. The molecule has 0 spiro atoms. The summed E-state index contributed by atoms with van der Waals surface area (Å²) in [7, 11) is 0. The third kappa shape index (κ3) is 4.24. The number of esters is 1. The maximum absolute atomic E-state index is 11.1. The zero-order chi connectivity index (χ0) is 17.5. The number of ether oxygens (including phenoxy) is 1. The van der Waals surface area contributed by atoms with Crippen molar-refractivity contribution in [3.63, 3.8) is 0 Å². The smallest absolute Gasteiger partial charge is 0.337 e. The molecule has 4 nitrogen and oxygen atoms in total. The van der Waals surface area contributed by atoms with E-state index in [1.54, 1.807) is 24.3 Å². The number of aliphatic hydroxyl groups excluding tert-OH is 1. The molecule has 0 radical (unpaired) electrons. The molecule has 0 bridgehead atoms. The molecule has 2 rings (SSSR count). The first kappa shape index (κ1) is 17.8. The van der Waals surface area contributed by atoms with Crippen LogP contribution in [-0.2, 0) is 4.79 Å². The highest BCUT2D eigenvalue weighted by molar-refractivity contribution is 5.90. The first-order chi connectivity index (χ1) is 11.6. The van der Waals surface area contributed by atoms with Gasteiger partial charge in [0.1, 0.15) is 18.1 Å². The minimum atomic E-state index is -0.674. The second kappa shape index (κ2) is 8.31. The predicted molar refractivity (Wildman–Crippen MR) is 94.7 cm³/mol. The minimum Gasteiger partial charge on any atom is -0.508 e. The topological polar surface area (TPSA) is 66.8 Å². The number of hydrogen-bond donors (Lipinski definition) is 2. The third-order valence-corrected chi connectivity index (χ3v) is 3.85. The summed E-state index contributed by atoms with van der Waals surface area (Å²) in [6.07, 6.45) is 1.73. The molecule has 0 heterocycles. The number of allylic oxidation sites excluding steroid dienone is 2. The van der Waals surface area contributed by atoms with Gasteiger partial charge in [-0.1, -0.05) is 38.1 Å². The molecule has 0 atom stereocenters. The number of aliphatic hydroxyl groups is 1. The van der Waals surface area contributed by atoms with E-state index in [1.807, 2.05) is 24.3 Å². The highest BCUT2D eigenvalue weighted by Crippen LogP contribution is 2.32. The van der Waals surface area contributed by atoms with Gasteiger partial charge < -0.3 is 14.9 Å². The van der Waals surface area contributed by atoms with Crippen molar-refractivity contribution in [3.05, 3.63) is 59.7 Å². The average molecular weight is 326 g/mol. The number of carbonyl (C=O) groups is 1. The number of rotatable bonds is 6. The summed E-state index contributed by atoms with van der Waals surface area (Å²) in [5.74, 6) is -0.00872. The van der Waals surface area contributed by atoms with Gasteiger partial charge in [-0.2, -0.15) is 0 Å². The van der Waals surface area contributed by atoms with E-state index >= 15 is 0 Å². The van der Waals surface area contributed by atoms with E-state index in [4.69, 9.17) is 9.84 Å². The fraction of sp³-hybridized carbons (Fsp3) is 0.250. The van der Waals surface area contributed by atoms with E-state index in [9.17, 15) is 9.90 Å².